The molecule has 0 spiro atoms. The van der Waals surface area contributed by atoms with E-state index in [4.69, 9.17) is 0 Å². The Hall–Kier alpha value is -2.36. The van der Waals surface area contributed by atoms with Crippen molar-refractivity contribution in [2.75, 3.05) is 21.3 Å². The van der Waals surface area contributed by atoms with Crippen LogP contribution in [0.3, 0.4) is 0 Å². The number of nitrogens with one attached hydrogen (secondary N) is 4. The van der Waals surface area contributed by atoms with Gasteiger partial charge in [0, 0.05) is 6.42 Å². The number of fused-ring (bicyclic) bond motifs is 2. The molecule has 2 aromatic carbocycles. The fourth-order valence-electron chi connectivity index (χ4n) is 2.76. The number of benzene rings is 2. The molecule has 0 fully saturated rings. The summed E-state index contributed by atoms with van der Waals surface area (Å²) in [6, 6.07) is 16.6. The first-order chi connectivity index (χ1) is 9.38. The molecule has 0 saturated carbocycles. The molecule has 0 aromatic heterocycles. The van der Waals surface area contributed by atoms with Crippen LogP contribution in [-0.2, 0) is 0 Å². The van der Waals surface area contributed by atoms with Gasteiger partial charge in [-0.05, 0) is 24.3 Å². The lowest BCUT2D eigenvalue weighted by molar-refractivity contribution is 0.674. The molecule has 0 aliphatic carbocycles. The molecule has 2 aliphatic rings. The van der Waals surface area contributed by atoms with Crippen LogP contribution in [0.2, 0.25) is 0 Å². The van der Waals surface area contributed by atoms with E-state index in [2.05, 4.69) is 69.8 Å². The lowest BCUT2D eigenvalue weighted by atomic mass is 10.3. The molecule has 4 heteroatoms. The fraction of sp³-hybridized carbons (Fsp3) is 0.200. The SMILES string of the molecule is c1ccc2c(c1)NC(CC1Nc3ccccc3N1)N2. The van der Waals surface area contributed by atoms with E-state index >= 15 is 0 Å². The minimum absolute atomic E-state index is 0.261. The van der Waals surface area contributed by atoms with Gasteiger partial charge in [-0.1, -0.05) is 24.3 Å². The Kier molecular flexibility index (Phi) is 2.27. The highest BCUT2D eigenvalue weighted by Gasteiger charge is 2.25. The monoisotopic (exact) mass is 252 g/mol. The highest BCUT2D eigenvalue weighted by molar-refractivity contribution is 5.76. The van der Waals surface area contributed by atoms with Gasteiger partial charge in [-0.2, -0.15) is 0 Å². The topological polar surface area (TPSA) is 48.1 Å². The molecule has 4 rings (SSSR count). The van der Waals surface area contributed by atoms with Gasteiger partial charge in [-0.15, -0.1) is 0 Å². The highest BCUT2D eigenvalue weighted by atomic mass is 15.2. The summed E-state index contributed by atoms with van der Waals surface area (Å²) in [5.74, 6) is 0. The van der Waals surface area contributed by atoms with E-state index in [1.807, 2.05) is 0 Å². The predicted molar refractivity (Wildman–Crippen MR) is 79.6 cm³/mol. The Morgan fingerprint density at radius 3 is 1.21 bits per heavy atom. The maximum Gasteiger partial charge on any atom is 0.100 e. The van der Waals surface area contributed by atoms with Crippen molar-refractivity contribution >= 4 is 22.7 Å². The normalized spacial score (nSPS) is 16.8. The first-order valence-corrected chi connectivity index (χ1v) is 6.63. The van der Waals surface area contributed by atoms with Crippen LogP contribution in [0.15, 0.2) is 48.5 Å². The van der Waals surface area contributed by atoms with E-state index in [9.17, 15) is 0 Å². The van der Waals surface area contributed by atoms with Crippen LogP contribution >= 0.6 is 0 Å². The summed E-state index contributed by atoms with van der Waals surface area (Å²) in [6.07, 6.45) is 1.48. The molecule has 0 bridgehead atoms. The van der Waals surface area contributed by atoms with Crippen molar-refractivity contribution in [3.8, 4) is 0 Å². The maximum absolute atomic E-state index is 3.50. The van der Waals surface area contributed by atoms with E-state index in [0.717, 1.165) is 6.42 Å². The third kappa shape index (κ3) is 1.85. The summed E-state index contributed by atoms with van der Waals surface area (Å²) in [7, 11) is 0. The lowest BCUT2D eigenvalue weighted by Gasteiger charge is -2.18. The zero-order valence-corrected chi connectivity index (χ0v) is 10.5. The van der Waals surface area contributed by atoms with Crippen molar-refractivity contribution in [3.05, 3.63) is 48.5 Å². The number of hydrogen-bond donors (Lipinski definition) is 4. The number of anilines is 4. The van der Waals surface area contributed by atoms with Gasteiger partial charge in [0.2, 0.25) is 0 Å². The van der Waals surface area contributed by atoms with Gasteiger partial charge in [-0.25, -0.2) is 0 Å². The molecule has 2 heterocycles. The van der Waals surface area contributed by atoms with Crippen molar-refractivity contribution in [1.29, 1.82) is 0 Å². The van der Waals surface area contributed by atoms with Gasteiger partial charge in [0.15, 0.2) is 0 Å². The molecular weight excluding hydrogens is 236 g/mol. The number of rotatable bonds is 2. The summed E-state index contributed by atoms with van der Waals surface area (Å²) in [5.41, 5.74) is 4.73. The quantitative estimate of drug-likeness (QED) is 0.663. The Balaban J connectivity index is 1.43. The van der Waals surface area contributed by atoms with E-state index in [-0.39, 0.29) is 12.3 Å². The van der Waals surface area contributed by atoms with Gasteiger partial charge in [0.05, 0.1) is 22.7 Å². The molecular formula is C15H16N4. The number of para-hydroxylation sites is 4. The smallest absolute Gasteiger partial charge is 0.100 e. The predicted octanol–water partition coefficient (Wildman–Crippen LogP) is 3.10. The minimum atomic E-state index is 0.261. The maximum atomic E-state index is 3.50. The second-order valence-corrected chi connectivity index (χ2v) is 5.01. The average Bonchev–Trinajstić information content (AvgIpc) is 3.00. The molecule has 0 amide bonds. The van der Waals surface area contributed by atoms with E-state index in [0.29, 0.717) is 0 Å². The van der Waals surface area contributed by atoms with Gasteiger partial charge >= 0.3 is 0 Å². The minimum Gasteiger partial charge on any atom is -0.364 e. The van der Waals surface area contributed by atoms with Crippen LogP contribution in [0.4, 0.5) is 22.7 Å². The second-order valence-electron chi connectivity index (χ2n) is 5.01. The molecule has 0 atom stereocenters. The molecule has 96 valence electrons. The Morgan fingerprint density at radius 1 is 0.579 bits per heavy atom. The third-order valence-corrected chi connectivity index (χ3v) is 3.64. The number of hydrogen-bond acceptors (Lipinski definition) is 4. The van der Waals surface area contributed by atoms with Crippen molar-refractivity contribution in [3.63, 3.8) is 0 Å². The van der Waals surface area contributed by atoms with Crippen molar-refractivity contribution < 1.29 is 0 Å². The Morgan fingerprint density at radius 2 is 0.895 bits per heavy atom. The summed E-state index contributed by atoms with van der Waals surface area (Å²) in [6.45, 7) is 0. The van der Waals surface area contributed by atoms with E-state index in [1.54, 1.807) is 0 Å². The van der Waals surface area contributed by atoms with Crippen LogP contribution < -0.4 is 21.3 Å². The van der Waals surface area contributed by atoms with Crippen LogP contribution in [0, 0.1) is 0 Å². The van der Waals surface area contributed by atoms with E-state index < -0.39 is 0 Å². The zero-order chi connectivity index (χ0) is 12.7. The lowest BCUT2D eigenvalue weighted by Crippen LogP contribution is -2.33. The van der Waals surface area contributed by atoms with Gasteiger partial charge < -0.3 is 21.3 Å². The van der Waals surface area contributed by atoms with E-state index in [1.165, 1.54) is 22.7 Å². The highest BCUT2D eigenvalue weighted by Crippen LogP contribution is 2.33. The summed E-state index contributed by atoms with van der Waals surface area (Å²) in [4.78, 5) is 0. The molecule has 2 aromatic rings. The van der Waals surface area contributed by atoms with Crippen LogP contribution in [-0.4, -0.2) is 12.3 Å². The molecule has 4 nitrogen and oxygen atoms in total. The first-order valence-electron chi connectivity index (χ1n) is 6.63. The molecule has 0 radical (unpaired) electrons. The van der Waals surface area contributed by atoms with Crippen molar-refractivity contribution in [2.24, 2.45) is 0 Å². The zero-order valence-electron chi connectivity index (χ0n) is 10.5. The molecule has 0 unspecified atom stereocenters. The fourth-order valence-corrected chi connectivity index (χ4v) is 2.76. The van der Waals surface area contributed by atoms with Crippen LogP contribution in [0.25, 0.3) is 0 Å². The standard InChI is InChI=1S/C15H16N4/c1-2-6-11-10(5-1)16-14(17-11)9-15-18-12-7-3-4-8-13(12)19-15/h1-8,14-19H,9H2. The molecule has 19 heavy (non-hydrogen) atoms. The van der Waals surface area contributed by atoms with Crippen LogP contribution in [0.1, 0.15) is 6.42 Å². The van der Waals surface area contributed by atoms with Gasteiger partial charge in [0.25, 0.3) is 0 Å². The third-order valence-electron chi connectivity index (χ3n) is 3.64. The summed E-state index contributed by atoms with van der Waals surface area (Å²) >= 11 is 0. The largest absolute Gasteiger partial charge is 0.364 e. The first kappa shape index (κ1) is 10.6. The van der Waals surface area contributed by atoms with Crippen molar-refractivity contribution in [1.82, 2.24) is 0 Å². The summed E-state index contributed by atoms with van der Waals surface area (Å²) < 4.78 is 0. The van der Waals surface area contributed by atoms with Gasteiger partial charge in [0.1, 0.15) is 12.3 Å². The van der Waals surface area contributed by atoms with Crippen molar-refractivity contribution in [2.45, 2.75) is 18.8 Å². The molecule has 0 saturated heterocycles. The summed E-state index contributed by atoms with van der Waals surface area (Å²) in [5, 5.41) is 14.0. The molecule has 2 aliphatic heterocycles. The average molecular weight is 252 g/mol. The Bertz CT molecular complexity index is 507. The van der Waals surface area contributed by atoms with Crippen LogP contribution in [0.5, 0.6) is 0 Å². The second kappa shape index (κ2) is 4.09. The molecule has 4 N–H and O–H groups in total. The Labute approximate surface area is 112 Å². The van der Waals surface area contributed by atoms with Gasteiger partial charge in [-0.3, -0.25) is 0 Å².